The summed E-state index contributed by atoms with van der Waals surface area (Å²) in [5, 5.41) is 0. The molecule has 0 spiro atoms. The predicted octanol–water partition coefficient (Wildman–Crippen LogP) is 5.56. The zero-order valence-corrected chi connectivity index (χ0v) is 13.7. The van der Waals surface area contributed by atoms with E-state index in [1.807, 2.05) is 35.3 Å². The Morgan fingerprint density at radius 3 is 1.53 bits per heavy atom. The van der Waals surface area contributed by atoms with Crippen LogP contribution in [0.15, 0.2) is 58.3 Å². The van der Waals surface area contributed by atoms with Crippen molar-refractivity contribution in [2.75, 3.05) is 12.5 Å². The molecule has 2 rings (SSSR count). The van der Waals surface area contributed by atoms with Gasteiger partial charge in [-0.1, -0.05) is 48.2 Å². The second-order valence-electron chi connectivity index (χ2n) is 4.18. The summed E-state index contributed by atoms with van der Waals surface area (Å²) in [6.07, 6.45) is 4.31. The quantitative estimate of drug-likeness (QED) is 0.685. The van der Waals surface area contributed by atoms with E-state index in [4.69, 9.17) is 0 Å². The minimum atomic E-state index is 1.08. The number of benzene rings is 2. The van der Waals surface area contributed by atoms with E-state index >= 15 is 0 Å². The summed E-state index contributed by atoms with van der Waals surface area (Å²) in [5.74, 6) is 2.15. The Morgan fingerprint density at radius 1 is 0.684 bits per heavy atom. The molecular formula is C16H18S3. The van der Waals surface area contributed by atoms with E-state index in [-0.39, 0.29) is 0 Å². The average molecular weight is 307 g/mol. The van der Waals surface area contributed by atoms with Gasteiger partial charge >= 0.3 is 0 Å². The van der Waals surface area contributed by atoms with Crippen molar-refractivity contribution < 1.29 is 0 Å². The third-order valence-electron chi connectivity index (χ3n) is 2.76. The molecule has 0 amide bonds. The highest BCUT2D eigenvalue weighted by Gasteiger charge is 2.07. The molecule has 0 bridgehead atoms. The van der Waals surface area contributed by atoms with Gasteiger partial charge in [0.25, 0.3) is 0 Å². The van der Waals surface area contributed by atoms with E-state index in [9.17, 15) is 0 Å². The molecule has 0 saturated carbocycles. The molecule has 19 heavy (non-hydrogen) atoms. The Morgan fingerprint density at radius 2 is 1.11 bits per heavy atom. The second kappa shape index (κ2) is 7.93. The fourth-order valence-electron chi connectivity index (χ4n) is 1.87. The third-order valence-corrected chi connectivity index (χ3v) is 5.20. The fourth-order valence-corrected chi connectivity index (χ4v) is 4.26. The van der Waals surface area contributed by atoms with Crippen molar-refractivity contribution in [2.45, 2.75) is 21.3 Å². The molecule has 0 nitrogen and oxygen atoms in total. The Balaban J connectivity index is 2.25. The first-order valence-corrected chi connectivity index (χ1v) is 9.77. The first-order valence-electron chi connectivity index (χ1n) is 6.16. The molecule has 100 valence electrons. The molecule has 0 unspecified atom stereocenters. The molecule has 0 aliphatic carbocycles. The molecular weight excluding hydrogens is 288 g/mol. The zero-order valence-electron chi connectivity index (χ0n) is 11.3. The summed E-state index contributed by atoms with van der Waals surface area (Å²) >= 11 is 5.65. The van der Waals surface area contributed by atoms with Gasteiger partial charge in [0.2, 0.25) is 0 Å². The van der Waals surface area contributed by atoms with Gasteiger partial charge in [0.15, 0.2) is 0 Å². The first kappa shape index (κ1) is 14.9. The average Bonchev–Trinajstić information content (AvgIpc) is 2.44. The number of hydrogen-bond donors (Lipinski definition) is 0. The Labute approximate surface area is 128 Å². The van der Waals surface area contributed by atoms with Crippen LogP contribution in [0.3, 0.4) is 0 Å². The van der Waals surface area contributed by atoms with Crippen LogP contribution in [0.2, 0.25) is 0 Å². The molecule has 0 atom stereocenters. The van der Waals surface area contributed by atoms with E-state index in [0.29, 0.717) is 0 Å². The topological polar surface area (TPSA) is 0 Å². The van der Waals surface area contributed by atoms with Crippen LogP contribution in [0.4, 0.5) is 0 Å². The van der Waals surface area contributed by atoms with Crippen LogP contribution in [0.25, 0.3) is 0 Å². The maximum atomic E-state index is 2.23. The molecule has 0 heterocycles. The Hall–Kier alpha value is -0.510. The van der Waals surface area contributed by atoms with Gasteiger partial charge in [-0.05, 0) is 35.8 Å². The lowest BCUT2D eigenvalue weighted by Crippen LogP contribution is -1.88. The van der Waals surface area contributed by atoms with Gasteiger partial charge in [-0.25, -0.2) is 0 Å². The van der Waals surface area contributed by atoms with Crippen molar-refractivity contribution in [1.82, 2.24) is 0 Å². The lowest BCUT2D eigenvalue weighted by atomic mass is 10.2. The van der Waals surface area contributed by atoms with Gasteiger partial charge < -0.3 is 0 Å². The summed E-state index contributed by atoms with van der Waals surface area (Å²) in [7, 11) is 0. The lowest BCUT2D eigenvalue weighted by molar-refractivity contribution is 1.23. The van der Waals surface area contributed by atoms with Gasteiger partial charge in [0.1, 0.15) is 0 Å². The van der Waals surface area contributed by atoms with E-state index < -0.39 is 0 Å². The largest absolute Gasteiger partial charge is 0.161 e. The highest BCUT2D eigenvalue weighted by molar-refractivity contribution is 8.00. The molecule has 0 aliphatic rings. The van der Waals surface area contributed by atoms with Crippen LogP contribution >= 0.6 is 35.3 Å². The highest BCUT2D eigenvalue weighted by Crippen LogP contribution is 2.34. The highest BCUT2D eigenvalue weighted by atomic mass is 32.2. The van der Waals surface area contributed by atoms with E-state index in [1.165, 1.54) is 20.9 Å². The van der Waals surface area contributed by atoms with Crippen molar-refractivity contribution in [3.63, 3.8) is 0 Å². The second-order valence-corrected chi connectivity index (χ2v) is 7.00. The summed E-state index contributed by atoms with van der Waals surface area (Å²) < 4.78 is 0. The summed E-state index contributed by atoms with van der Waals surface area (Å²) in [4.78, 5) is 2.76. The van der Waals surface area contributed by atoms with Crippen LogP contribution in [0, 0.1) is 0 Å². The maximum Gasteiger partial charge on any atom is 0.0193 e. The van der Waals surface area contributed by atoms with Gasteiger partial charge in [0, 0.05) is 21.3 Å². The van der Waals surface area contributed by atoms with Crippen molar-refractivity contribution in [1.29, 1.82) is 0 Å². The molecule has 3 heteroatoms. The van der Waals surface area contributed by atoms with E-state index in [2.05, 4.69) is 61.0 Å². The normalized spacial score (nSPS) is 10.6. The molecule has 2 aromatic rings. The van der Waals surface area contributed by atoms with Crippen molar-refractivity contribution in [3.05, 3.63) is 59.7 Å². The first-order chi connectivity index (χ1) is 9.35. The van der Waals surface area contributed by atoms with Crippen LogP contribution in [0.1, 0.15) is 11.1 Å². The van der Waals surface area contributed by atoms with E-state index in [0.717, 1.165) is 11.5 Å². The van der Waals surface area contributed by atoms with Crippen molar-refractivity contribution in [2.24, 2.45) is 0 Å². The number of thioether (sulfide) groups is 2. The summed E-state index contributed by atoms with van der Waals surface area (Å²) in [6.45, 7) is 0. The van der Waals surface area contributed by atoms with Crippen LogP contribution in [-0.4, -0.2) is 12.5 Å². The molecule has 0 N–H and O–H groups in total. The Kier molecular flexibility index (Phi) is 6.21. The van der Waals surface area contributed by atoms with Gasteiger partial charge in [0.05, 0.1) is 0 Å². The minimum Gasteiger partial charge on any atom is -0.161 e. The maximum absolute atomic E-state index is 2.23. The molecule has 0 aliphatic heterocycles. The fraction of sp³-hybridized carbons (Fsp3) is 0.250. The monoisotopic (exact) mass is 306 g/mol. The van der Waals surface area contributed by atoms with Crippen LogP contribution in [0.5, 0.6) is 0 Å². The molecule has 0 fully saturated rings. The Bertz CT molecular complexity index is 475. The van der Waals surface area contributed by atoms with Crippen LogP contribution in [-0.2, 0) is 11.5 Å². The molecule has 0 aromatic heterocycles. The summed E-state index contributed by atoms with van der Waals surface area (Å²) in [6, 6.07) is 17.4. The van der Waals surface area contributed by atoms with E-state index in [1.54, 1.807) is 0 Å². The van der Waals surface area contributed by atoms with Crippen molar-refractivity contribution in [3.8, 4) is 0 Å². The molecule has 0 saturated heterocycles. The predicted molar refractivity (Wildman–Crippen MR) is 91.4 cm³/mol. The molecule has 0 radical (unpaired) electrons. The zero-order chi connectivity index (χ0) is 13.5. The minimum absolute atomic E-state index is 1.08. The van der Waals surface area contributed by atoms with Crippen LogP contribution < -0.4 is 0 Å². The van der Waals surface area contributed by atoms with Gasteiger partial charge in [-0.3, -0.25) is 0 Å². The number of hydrogen-bond acceptors (Lipinski definition) is 3. The smallest absolute Gasteiger partial charge is 0.0193 e. The standard InChI is InChI=1S/C16H18S3/c1-17-11-13-7-3-5-9-15(13)19-16-10-6-4-8-14(16)12-18-2/h3-10H,11-12H2,1-2H3. The SMILES string of the molecule is CSCc1ccccc1Sc1ccccc1CSC. The van der Waals surface area contributed by atoms with Gasteiger partial charge in [-0.2, -0.15) is 23.5 Å². The molecule has 2 aromatic carbocycles. The third kappa shape index (κ3) is 4.23. The number of rotatable bonds is 6. The van der Waals surface area contributed by atoms with Gasteiger partial charge in [-0.15, -0.1) is 0 Å². The summed E-state index contributed by atoms with van der Waals surface area (Å²) in [5.41, 5.74) is 2.86. The van der Waals surface area contributed by atoms with Crippen molar-refractivity contribution >= 4 is 35.3 Å². The lowest BCUT2D eigenvalue weighted by Gasteiger charge is -2.11.